The summed E-state index contributed by atoms with van der Waals surface area (Å²) < 4.78 is 12.8. The molecule has 0 aliphatic carbocycles. The van der Waals surface area contributed by atoms with Crippen LogP contribution in [0.5, 0.6) is 0 Å². The topological polar surface area (TPSA) is 81.0 Å². The van der Waals surface area contributed by atoms with Gasteiger partial charge in [0, 0.05) is 4.75 Å². The van der Waals surface area contributed by atoms with E-state index in [0.717, 1.165) is 20.7 Å². The number of rotatable bonds is 3. The van der Waals surface area contributed by atoms with E-state index in [4.69, 9.17) is 9.31 Å². The van der Waals surface area contributed by atoms with Crippen LogP contribution in [0.1, 0.15) is 46.6 Å². The van der Waals surface area contributed by atoms with E-state index in [-0.39, 0.29) is 0 Å². The molecule has 1 aromatic carbocycles. The molecule has 0 radical (unpaired) electrons. The lowest BCUT2D eigenvalue weighted by molar-refractivity contribution is -0.138. The maximum Gasteiger partial charge on any atom is 0.494 e. The Morgan fingerprint density at radius 1 is 1.14 bits per heavy atom. The average Bonchev–Trinajstić information content (AvgIpc) is 3.18. The zero-order valence-corrected chi connectivity index (χ0v) is 18.4. The molecular formula is C19H23BN2O4S2. The highest BCUT2D eigenvalue weighted by Crippen LogP contribution is 2.41. The Morgan fingerprint density at radius 3 is 2.36 bits per heavy atom. The highest BCUT2D eigenvalue weighted by molar-refractivity contribution is 8.16. The van der Waals surface area contributed by atoms with Crippen LogP contribution in [0.25, 0.3) is 10.2 Å². The molecule has 2 aliphatic heterocycles. The Kier molecular flexibility index (Phi) is 4.47. The van der Waals surface area contributed by atoms with Crippen LogP contribution >= 0.6 is 23.1 Å². The summed E-state index contributed by atoms with van der Waals surface area (Å²) in [4.78, 5) is 20.6. The Bertz CT molecular complexity index is 983. The van der Waals surface area contributed by atoms with Crippen molar-refractivity contribution in [2.45, 2.75) is 63.5 Å². The van der Waals surface area contributed by atoms with Crippen molar-refractivity contribution in [3.05, 3.63) is 23.2 Å². The van der Waals surface area contributed by atoms with E-state index in [2.05, 4.69) is 9.98 Å². The molecule has 0 amide bonds. The molecule has 148 valence electrons. The number of aromatic nitrogens is 1. The second kappa shape index (κ2) is 6.29. The van der Waals surface area contributed by atoms with E-state index in [1.807, 2.05) is 59.7 Å². The molecule has 0 bridgehead atoms. The van der Waals surface area contributed by atoms with E-state index in [0.29, 0.717) is 5.04 Å². The molecule has 4 rings (SSSR count). The molecule has 1 fully saturated rings. The maximum absolute atomic E-state index is 11.5. The molecule has 1 saturated heterocycles. The lowest BCUT2D eigenvalue weighted by Gasteiger charge is -2.32. The van der Waals surface area contributed by atoms with Crippen LogP contribution in [-0.4, -0.2) is 50.2 Å². The van der Waals surface area contributed by atoms with Crippen molar-refractivity contribution in [3.8, 4) is 0 Å². The number of carboxylic acids is 1. The zero-order valence-electron chi connectivity index (χ0n) is 16.8. The van der Waals surface area contributed by atoms with Gasteiger partial charge in [0.2, 0.25) is 0 Å². The Labute approximate surface area is 172 Å². The minimum absolute atomic E-state index is 0.391. The first-order valence-electron chi connectivity index (χ1n) is 9.16. The monoisotopic (exact) mass is 418 g/mol. The number of nitrogens with zero attached hydrogens (tertiary/aromatic N) is 2. The van der Waals surface area contributed by atoms with E-state index in [9.17, 15) is 9.90 Å². The third-order valence-corrected chi connectivity index (χ3v) is 8.01. The van der Waals surface area contributed by atoms with Crippen molar-refractivity contribution >= 4 is 56.9 Å². The number of thiazole rings is 1. The number of hydrogen-bond donors (Lipinski definition) is 1. The molecule has 0 saturated carbocycles. The highest BCUT2D eigenvalue weighted by Gasteiger charge is 2.51. The molecule has 28 heavy (non-hydrogen) atoms. The lowest BCUT2D eigenvalue weighted by atomic mass is 9.79. The van der Waals surface area contributed by atoms with Crippen molar-refractivity contribution in [1.82, 2.24) is 4.98 Å². The summed E-state index contributed by atoms with van der Waals surface area (Å²) in [6.45, 7) is 11.9. The summed E-state index contributed by atoms with van der Waals surface area (Å²) in [6.07, 6.45) is 0. The largest absolute Gasteiger partial charge is 0.494 e. The van der Waals surface area contributed by atoms with Gasteiger partial charge >= 0.3 is 13.1 Å². The minimum atomic E-state index is -0.906. The van der Waals surface area contributed by atoms with E-state index in [1.165, 1.54) is 23.1 Å². The Morgan fingerprint density at radius 2 is 1.79 bits per heavy atom. The van der Waals surface area contributed by atoms with Gasteiger partial charge in [0.05, 0.1) is 21.4 Å². The van der Waals surface area contributed by atoms with Gasteiger partial charge in [-0.15, -0.1) is 11.3 Å². The summed E-state index contributed by atoms with van der Waals surface area (Å²) in [6, 6.07) is 5.20. The van der Waals surface area contributed by atoms with Crippen LogP contribution in [0.15, 0.2) is 23.2 Å². The number of carbonyl (C=O) groups is 1. The summed E-state index contributed by atoms with van der Waals surface area (Å²) in [5.41, 5.74) is 1.03. The van der Waals surface area contributed by atoms with E-state index in [1.54, 1.807) is 0 Å². The summed E-state index contributed by atoms with van der Waals surface area (Å²) in [7, 11) is -0.423. The molecule has 1 N–H and O–H groups in total. The predicted octanol–water partition coefficient (Wildman–Crippen LogP) is 3.32. The average molecular weight is 418 g/mol. The molecule has 1 atom stereocenters. The SMILES string of the molecule is CC1(C)SC(c2nc3ccc(B4OC(C)(C)C(C)(C)O4)cc3s2)=NC1C(=O)O. The molecule has 3 heterocycles. The number of benzene rings is 1. The van der Waals surface area contributed by atoms with E-state index < -0.39 is 35.1 Å². The van der Waals surface area contributed by atoms with Gasteiger partial charge in [-0.3, -0.25) is 4.99 Å². The quantitative estimate of drug-likeness (QED) is 0.771. The van der Waals surface area contributed by atoms with Crippen molar-refractivity contribution in [1.29, 1.82) is 0 Å². The van der Waals surface area contributed by atoms with Gasteiger partial charge < -0.3 is 14.4 Å². The first-order valence-corrected chi connectivity index (χ1v) is 10.8. The molecule has 1 unspecified atom stereocenters. The number of fused-ring (bicyclic) bond motifs is 1. The third kappa shape index (κ3) is 3.18. The van der Waals surface area contributed by atoms with Crippen molar-refractivity contribution < 1.29 is 19.2 Å². The third-order valence-electron chi connectivity index (χ3n) is 5.62. The second-order valence-corrected chi connectivity index (χ2v) is 11.4. The molecule has 6 nitrogen and oxygen atoms in total. The van der Waals surface area contributed by atoms with Gasteiger partial charge in [0.15, 0.2) is 6.04 Å². The lowest BCUT2D eigenvalue weighted by Crippen LogP contribution is -2.41. The molecular weight excluding hydrogens is 395 g/mol. The summed E-state index contributed by atoms with van der Waals surface area (Å²) in [5.74, 6) is -0.906. The van der Waals surface area contributed by atoms with Gasteiger partial charge in [-0.2, -0.15) is 0 Å². The normalized spacial score (nSPS) is 25.3. The molecule has 0 spiro atoms. The number of hydrogen-bond acceptors (Lipinski definition) is 7. The van der Waals surface area contributed by atoms with Gasteiger partial charge in [0.1, 0.15) is 10.1 Å². The smallest absolute Gasteiger partial charge is 0.480 e. The standard InChI is InChI=1S/C19H23BN2O4S2/c1-17(2)13(16(23)24)22-15(28-17)14-21-11-8-7-10(9-12(11)27-14)20-25-18(3,4)19(5,6)26-20/h7-9,13H,1-6H3,(H,23,24). The molecule has 1 aromatic heterocycles. The van der Waals surface area contributed by atoms with Crippen molar-refractivity contribution in [3.63, 3.8) is 0 Å². The number of thioether (sulfide) groups is 1. The Balaban J connectivity index is 1.65. The zero-order chi connectivity index (χ0) is 20.5. The van der Waals surface area contributed by atoms with Gasteiger partial charge in [-0.25, -0.2) is 9.78 Å². The summed E-state index contributed by atoms with van der Waals surface area (Å²) >= 11 is 2.98. The van der Waals surface area contributed by atoms with Gasteiger partial charge in [0.25, 0.3) is 0 Å². The van der Waals surface area contributed by atoms with Crippen LogP contribution in [0, 0.1) is 0 Å². The fraction of sp³-hybridized carbons (Fsp3) is 0.526. The van der Waals surface area contributed by atoms with Crippen LogP contribution in [0.2, 0.25) is 0 Å². The van der Waals surface area contributed by atoms with E-state index >= 15 is 0 Å². The summed E-state index contributed by atoms with van der Waals surface area (Å²) in [5, 5.41) is 10.9. The van der Waals surface area contributed by atoms with Gasteiger partial charge in [-0.05, 0) is 59.1 Å². The fourth-order valence-electron chi connectivity index (χ4n) is 3.21. The number of carboxylic acid groups (broad SMARTS) is 1. The van der Waals surface area contributed by atoms with Crippen LogP contribution in [0.3, 0.4) is 0 Å². The van der Waals surface area contributed by atoms with Crippen LogP contribution in [0.4, 0.5) is 0 Å². The number of aliphatic imine (C=N–C) groups is 1. The molecule has 2 aliphatic rings. The van der Waals surface area contributed by atoms with Crippen LogP contribution in [-0.2, 0) is 14.1 Å². The molecule has 2 aromatic rings. The predicted molar refractivity (Wildman–Crippen MR) is 115 cm³/mol. The Hall–Kier alpha value is -1.42. The van der Waals surface area contributed by atoms with Crippen LogP contribution < -0.4 is 5.46 Å². The minimum Gasteiger partial charge on any atom is -0.480 e. The fourth-order valence-corrected chi connectivity index (χ4v) is 5.42. The second-order valence-electron chi connectivity index (χ2n) is 8.71. The molecule has 9 heteroatoms. The van der Waals surface area contributed by atoms with Crippen molar-refractivity contribution in [2.75, 3.05) is 0 Å². The first kappa shape index (κ1) is 19.9. The number of aliphatic carboxylic acids is 1. The highest BCUT2D eigenvalue weighted by atomic mass is 32.2. The first-order chi connectivity index (χ1) is 12.9. The maximum atomic E-state index is 11.5. The van der Waals surface area contributed by atoms with Gasteiger partial charge in [-0.1, -0.05) is 17.8 Å². The van der Waals surface area contributed by atoms with Crippen molar-refractivity contribution in [2.24, 2.45) is 4.99 Å².